The lowest BCUT2D eigenvalue weighted by Gasteiger charge is -2.13. The number of hydrogen-bond acceptors (Lipinski definition) is 4. The van der Waals surface area contributed by atoms with Crippen LogP contribution in [0.5, 0.6) is 0 Å². The lowest BCUT2D eigenvalue weighted by Crippen LogP contribution is -2.22. The average Bonchev–Trinajstić information content (AvgIpc) is 2.68. The van der Waals surface area contributed by atoms with Crippen molar-refractivity contribution in [2.24, 2.45) is 0 Å². The summed E-state index contributed by atoms with van der Waals surface area (Å²) in [7, 11) is 0. The number of benzene rings is 3. The van der Waals surface area contributed by atoms with E-state index in [9.17, 15) is 14.9 Å². The Balaban J connectivity index is 1.71. The molecule has 0 aliphatic rings. The van der Waals surface area contributed by atoms with Gasteiger partial charge in [0.05, 0.1) is 22.7 Å². The highest BCUT2D eigenvalue weighted by Crippen LogP contribution is 2.28. The molecule has 0 saturated carbocycles. The van der Waals surface area contributed by atoms with Crippen molar-refractivity contribution in [3.8, 4) is 11.1 Å². The van der Waals surface area contributed by atoms with E-state index in [1.807, 2.05) is 54.6 Å². The summed E-state index contributed by atoms with van der Waals surface area (Å²) in [5.41, 5.74) is 3.74. The van der Waals surface area contributed by atoms with Crippen molar-refractivity contribution in [2.75, 3.05) is 17.2 Å². The number of nitrogens with one attached hydrogen (secondary N) is 2. The van der Waals surface area contributed by atoms with Crippen LogP contribution in [0.4, 0.5) is 17.1 Å². The Hall–Kier alpha value is -3.67. The van der Waals surface area contributed by atoms with Crippen molar-refractivity contribution < 1.29 is 9.72 Å². The Bertz CT molecular complexity index is 971. The van der Waals surface area contributed by atoms with E-state index in [-0.39, 0.29) is 18.1 Å². The zero-order valence-corrected chi connectivity index (χ0v) is 14.8. The molecule has 3 rings (SSSR count). The van der Waals surface area contributed by atoms with E-state index in [1.54, 1.807) is 19.1 Å². The van der Waals surface area contributed by atoms with Crippen LogP contribution in [0.25, 0.3) is 11.1 Å². The van der Waals surface area contributed by atoms with Gasteiger partial charge in [0.25, 0.3) is 5.69 Å². The van der Waals surface area contributed by atoms with Gasteiger partial charge in [0.15, 0.2) is 0 Å². The van der Waals surface area contributed by atoms with Gasteiger partial charge in [0, 0.05) is 17.3 Å². The first-order chi connectivity index (χ1) is 13.1. The Morgan fingerprint density at radius 3 is 2.33 bits per heavy atom. The third kappa shape index (κ3) is 4.30. The monoisotopic (exact) mass is 361 g/mol. The summed E-state index contributed by atoms with van der Waals surface area (Å²) < 4.78 is 0. The minimum Gasteiger partial charge on any atom is -0.376 e. The minimum absolute atomic E-state index is 0.0183. The largest absolute Gasteiger partial charge is 0.376 e. The van der Waals surface area contributed by atoms with E-state index in [4.69, 9.17) is 0 Å². The molecule has 6 nitrogen and oxygen atoms in total. The number of nitrogens with zero attached hydrogens (tertiary/aromatic N) is 1. The number of anilines is 2. The quantitative estimate of drug-likeness (QED) is 0.495. The molecule has 27 heavy (non-hydrogen) atoms. The van der Waals surface area contributed by atoms with Gasteiger partial charge in [-0.3, -0.25) is 14.9 Å². The van der Waals surface area contributed by atoms with Gasteiger partial charge >= 0.3 is 0 Å². The maximum absolute atomic E-state index is 12.3. The van der Waals surface area contributed by atoms with E-state index in [0.29, 0.717) is 11.3 Å². The van der Waals surface area contributed by atoms with Crippen LogP contribution < -0.4 is 10.6 Å². The molecule has 0 spiro atoms. The summed E-state index contributed by atoms with van der Waals surface area (Å²) >= 11 is 0. The first kappa shape index (κ1) is 18.1. The van der Waals surface area contributed by atoms with Gasteiger partial charge in [-0.05, 0) is 24.6 Å². The summed E-state index contributed by atoms with van der Waals surface area (Å²) in [6.07, 6.45) is 0. The molecule has 0 fully saturated rings. The molecule has 0 saturated heterocycles. The van der Waals surface area contributed by atoms with Gasteiger partial charge in [-0.2, -0.15) is 0 Å². The molecule has 3 aromatic rings. The van der Waals surface area contributed by atoms with Gasteiger partial charge < -0.3 is 10.6 Å². The van der Waals surface area contributed by atoms with Crippen LogP contribution in [-0.2, 0) is 4.79 Å². The molecule has 2 N–H and O–H groups in total. The molecule has 136 valence electrons. The predicted molar refractivity (Wildman–Crippen MR) is 107 cm³/mol. The lowest BCUT2D eigenvalue weighted by atomic mass is 10.0. The van der Waals surface area contributed by atoms with Crippen molar-refractivity contribution in [3.63, 3.8) is 0 Å². The van der Waals surface area contributed by atoms with Crippen molar-refractivity contribution in [1.29, 1.82) is 0 Å². The highest BCUT2D eigenvalue weighted by Gasteiger charge is 2.15. The topological polar surface area (TPSA) is 84.3 Å². The molecule has 0 aliphatic heterocycles. The number of nitro groups is 1. The molecule has 0 heterocycles. The summed E-state index contributed by atoms with van der Waals surface area (Å²) in [5.74, 6) is -0.276. The van der Waals surface area contributed by atoms with Gasteiger partial charge in [-0.15, -0.1) is 0 Å². The standard InChI is InChI=1S/C21H19N3O3/c1-15-18(12-7-13-20(15)24(26)27)23-21(25)14-22-19-11-6-5-10-17(19)16-8-3-2-4-9-16/h2-13,22H,14H2,1H3,(H,23,25). The Labute approximate surface area is 157 Å². The van der Waals surface area contributed by atoms with Crippen molar-refractivity contribution in [1.82, 2.24) is 0 Å². The predicted octanol–water partition coefficient (Wildman–Crippen LogP) is 4.62. The molecule has 0 radical (unpaired) electrons. The zero-order chi connectivity index (χ0) is 19.2. The second-order valence-corrected chi connectivity index (χ2v) is 6.02. The van der Waals surface area contributed by atoms with Gasteiger partial charge in [0.2, 0.25) is 5.91 Å². The van der Waals surface area contributed by atoms with Crippen LogP contribution in [0.2, 0.25) is 0 Å². The number of nitro benzene ring substituents is 1. The van der Waals surface area contributed by atoms with Crippen LogP contribution in [0, 0.1) is 17.0 Å². The van der Waals surface area contributed by atoms with Crippen LogP contribution in [0.1, 0.15) is 5.56 Å². The van der Waals surface area contributed by atoms with Crippen LogP contribution in [-0.4, -0.2) is 17.4 Å². The molecule has 3 aromatic carbocycles. The number of amides is 1. The first-order valence-corrected chi connectivity index (χ1v) is 8.48. The maximum Gasteiger partial charge on any atom is 0.274 e. The fraction of sp³-hybridized carbons (Fsp3) is 0.0952. The third-order valence-electron chi connectivity index (χ3n) is 4.23. The van der Waals surface area contributed by atoms with Crippen LogP contribution >= 0.6 is 0 Å². The summed E-state index contributed by atoms with van der Waals surface area (Å²) in [4.78, 5) is 22.9. The minimum atomic E-state index is -0.459. The molecule has 0 bridgehead atoms. The molecule has 0 aliphatic carbocycles. The van der Waals surface area contributed by atoms with Crippen molar-refractivity contribution in [2.45, 2.75) is 6.92 Å². The first-order valence-electron chi connectivity index (χ1n) is 8.48. The van der Waals surface area contributed by atoms with Crippen molar-refractivity contribution >= 4 is 23.0 Å². The average molecular weight is 361 g/mol. The lowest BCUT2D eigenvalue weighted by molar-refractivity contribution is -0.385. The highest BCUT2D eigenvalue weighted by atomic mass is 16.6. The van der Waals surface area contributed by atoms with E-state index in [1.165, 1.54) is 6.07 Å². The number of para-hydroxylation sites is 1. The van der Waals surface area contributed by atoms with Crippen molar-refractivity contribution in [3.05, 3.63) is 88.5 Å². The number of carbonyl (C=O) groups excluding carboxylic acids is 1. The summed E-state index contributed by atoms with van der Waals surface area (Å²) in [6, 6.07) is 22.3. The number of rotatable bonds is 6. The molecular weight excluding hydrogens is 342 g/mol. The van der Waals surface area contributed by atoms with Crippen LogP contribution in [0.3, 0.4) is 0 Å². The molecular formula is C21H19N3O3. The Morgan fingerprint density at radius 2 is 1.59 bits per heavy atom. The molecule has 0 atom stereocenters. The van der Waals surface area contributed by atoms with E-state index >= 15 is 0 Å². The van der Waals surface area contributed by atoms with Crippen LogP contribution in [0.15, 0.2) is 72.8 Å². The zero-order valence-electron chi connectivity index (χ0n) is 14.8. The molecule has 6 heteroatoms. The van der Waals surface area contributed by atoms with Gasteiger partial charge in [-0.1, -0.05) is 54.6 Å². The molecule has 0 unspecified atom stereocenters. The molecule has 1 amide bonds. The second kappa shape index (κ2) is 8.14. The van der Waals surface area contributed by atoms with Gasteiger partial charge in [-0.25, -0.2) is 0 Å². The van der Waals surface area contributed by atoms with Gasteiger partial charge in [0.1, 0.15) is 0 Å². The fourth-order valence-electron chi connectivity index (χ4n) is 2.83. The SMILES string of the molecule is Cc1c(NC(=O)CNc2ccccc2-c2ccccc2)cccc1[N+](=O)[O-]. The molecule has 0 aromatic heterocycles. The summed E-state index contributed by atoms with van der Waals surface area (Å²) in [6.45, 7) is 1.66. The number of hydrogen-bond donors (Lipinski definition) is 2. The summed E-state index contributed by atoms with van der Waals surface area (Å²) in [5, 5.41) is 16.9. The maximum atomic E-state index is 12.3. The Kier molecular flexibility index (Phi) is 5.47. The Morgan fingerprint density at radius 1 is 0.926 bits per heavy atom. The normalized spacial score (nSPS) is 10.3. The highest BCUT2D eigenvalue weighted by molar-refractivity contribution is 5.95. The second-order valence-electron chi connectivity index (χ2n) is 6.02. The fourth-order valence-corrected chi connectivity index (χ4v) is 2.83. The van der Waals surface area contributed by atoms with E-state index in [2.05, 4.69) is 10.6 Å². The van der Waals surface area contributed by atoms with E-state index in [0.717, 1.165) is 16.8 Å². The number of carbonyl (C=O) groups is 1. The van der Waals surface area contributed by atoms with E-state index < -0.39 is 4.92 Å². The third-order valence-corrected chi connectivity index (χ3v) is 4.23. The smallest absolute Gasteiger partial charge is 0.274 e.